The highest BCUT2D eigenvalue weighted by atomic mass is 16.2. The summed E-state index contributed by atoms with van der Waals surface area (Å²) in [4.78, 5) is 23.8. The summed E-state index contributed by atoms with van der Waals surface area (Å²) in [5.41, 5.74) is 3.41. The summed E-state index contributed by atoms with van der Waals surface area (Å²) < 4.78 is 0. The number of hydrogen-bond donors (Lipinski definition) is 2. The molecule has 114 valence electrons. The zero-order valence-electron chi connectivity index (χ0n) is 13.0. The molecule has 0 radical (unpaired) electrons. The molecule has 0 fully saturated rings. The second-order valence-corrected chi connectivity index (χ2v) is 5.55. The van der Waals surface area contributed by atoms with Crippen molar-refractivity contribution in [3.05, 3.63) is 59.7 Å². The van der Waals surface area contributed by atoms with Crippen LogP contribution in [0.15, 0.2) is 48.5 Å². The average Bonchev–Trinajstić information content (AvgIpc) is 2.47. The molecule has 2 aromatic rings. The van der Waals surface area contributed by atoms with Crippen molar-refractivity contribution in [3.8, 4) is 0 Å². The number of carbonyl (C=O) groups is 2. The van der Waals surface area contributed by atoms with Gasteiger partial charge >= 0.3 is 11.8 Å². The van der Waals surface area contributed by atoms with Gasteiger partial charge in [0, 0.05) is 11.4 Å². The molecule has 2 rings (SSSR count). The fraction of sp³-hybridized carbons (Fsp3) is 0.222. The largest absolute Gasteiger partial charge is 0.318 e. The molecule has 2 N–H and O–H groups in total. The van der Waals surface area contributed by atoms with Crippen LogP contribution in [-0.4, -0.2) is 11.8 Å². The molecule has 0 saturated carbocycles. The summed E-state index contributed by atoms with van der Waals surface area (Å²) in [6.45, 7) is 6.12. The molecule has 22 heavy (non-hydrogen) atoms. The van der Waals surface area contributed by atoms with E-state index < -0.39 is 11.8 Å². The van der Waals surface area contributed by atoms with E-state index in [1.54, 1.807) is 18.2 Å². The fourth-order valence-corrected chi connectivity index (χ4v) is 2.05. The topological polar surface area (TPSA) is 58.2 Å². The molecule has 0 unspecified atom stereocenters. The molecule has 4 heteroatoms. The number of carbonyl (C=O) groups excluding carboxylic acids is 2. The van der Waals surface area contributed by atoms with E-state index in [0.717, 1.165) is 5.56 Å². The predicted molar refractivity (Wildman–Crippen MR) is 89.0 cm³/mol. The minimum atomic E-state index is -0.682. The molecule has 2 aromatic carbocycles. The first-order chi connectivity index (χ1) is 10.5. The highest BCUT2D eigenvalue weighted by molar-refractivity contribution is 6.43. The molecule has 0 saturated heterocycles. The maximum Gasteiger partial charge on any atom is 0.314 e. The highest BCUT2D eigenvalue weighted by Crippen LogP contribution is 2.17. The third-order valence-electron chi connectivity index (χ3n) is 3.32. The van der Waals surface area contributed by atoms with Crippen molar-refractivity contribution in [1.82, 2.24) is 0 Å². The summed E-state index contributed by atoms with van der Waals surface area (Å²) in [7, 11) is 0. The van der Waals surface area contributed by atoms with Crippen molar-refractivity contribution in [3.63, 3.8) is 0 Å². The monoisotopic (exact) mass is 296 g/mol. The number of benzene rings is 2. The second kappa shape index (κ2) is 6.89. The Morgan fingerprint density at radius 1 is 0.864 bits per heavy atom. The zero-order valence-corrected chi connectivity index (χ0v) is 13.0. The van der Waals surface area contributed by atoms with E-state index in [2.05, 4.69) is 24.5 Å². The molecule has 0 aliphatic rings. The Kier molecular flexibility index (Phi) is 4.94. The van der Waals surface area contributed by atoms with Crippen LogP contribution in [0.1, 0.15) is 30.9 Å². The maximum atomic E-state index is 11.9. The Hall–Kier alpha value is -2.62. The number of anilines is 2. The lowest BCUT2D eigenvalue weighted by atomic mass is 10.0. The molecule has 0 aromatic heterocycles. The van der Waals surface area contributed by atoms with Crippen molar-refractivity contribution < 1.29 is 9.59 Å². The van der Waals surface area contributed by atoms with Gasteiger partial charge in [-0.2, -0.15) is 0 Å². The SMILES string of the molecule is Cc1cccc(NC(=O)C(=O)Nc2ccc(C(C)C)cc2)c1. The van der Waals surface area contributed by atoms with Crippen LogP contribution in [0.2, 0.25) is 0 Å². The zero-order chi connectivity index (χ0) is 16.1. The Balaban J connectivity index is 1.98. The van der Waals surface area contributed by atoms with Crippen molar-refractivity contribution in [2.24, 2.45) is 0 Å². The Morgan fingerprint density at radius 2 is 1.45 bits per heavy atom. The Bertz CT molecular complexity index is 676. The second-order valence-electron chi connectivity index (χ2n) is 5.55. The van der Waals surface area contributed by atoms with Crippen molar-refractivity contribution in [2.45, 2.75) is 26.7 Å². The molecule has 0 aliphatic carbocycles. The third-order valence-corrected chi connectivity index (χ3v) is 3.32. The van der Waals surface area contributed by atoms with Crippen LogP contribution in [0.25, 0.3) is 0 Å². The minimum Gasteiger partial charge on any atom is -0.318 e. The van der Waals surface area contributed by atoms with E-state index in [1.165, 1.54) is 5.56 Å². The molecule has 0 atom stereocenters. The molecular formula is C18H20N2O2. The lowest BCUT2D eigenvalue weighted by Crippen LogP contribution is -2.29. The summed E-state index contributed by atoms with van der Waals surface area (Å²) in [5, 5.41) is 5.17. The maximum absolute atomic E-state index is 11.9. The van der Waals surface area contributed by atoms with E-state index in [0.29, 0.717) is 17.3 Å². The fourth-order valence-electron chi connectivity index (χ4n) is 2.05. The number of hydrogen-bond acceptors (Lipinski definition) is 2. The van der Waals surface area contributed by atoms with Crippen LogP contribution in [0, 0.1) is 6.92 Å². The first-order valence-electron chi connectivity index (χ1n) is 7.24. The van der Waals surface area contributed by atoms with Gasteiger partial charge in [-0.05, 0) is 48.2 Å². The van der Waals surface area contributed by atoms with Gasteiger partial charge in [0.2, 0.25) is 0 Å². The lowest BCUT2D eigenvalue weighted by Gasteiger charge is -2.09. The molecule has 0 aliphatic heterocycles. The van der Waals surface area contributed by atoms with Gasteiger partial charge in [0.1, 0.15) is 0 Å². The molecule has 0 bridgehead atoms. The van der Waals surface area contributed by atoms with Crippen LogP contribution in [0.3, 0.4) is 0 Å². The summed E-state index contributed by atoms with van der Waals surface area (Å²) >= 11 is 0. The highest BCUT2D eigenvalue weighted by Gasteiger charge is 2.14. The van der Waals surface area contributed by atoms with Crippen LogP contribution >= 0.6 is 0 Å². The van der Waals surface area contributed by atoms with Crippen molar-refractivity contribution >= 4 is 23.2 Å². The molecule has 2 amide bonds. The number of amides is 2. The van der Waals surface area contributed by atoms with Gasteiger partial charge < -0.3 is 10.6 Å². The van der Waals surface area contributed by atoms with Crippen LogP contribution in [0.5, 0.6) is 0 Å². The Morgan fingerprint density at radius 3 is 2.00 bits per heavy atom. The number of aryl methyl sites for hydroxylation is 1. The van der Waals surface area contributed by atoms with Gasteiger partial charge in [-0.3, -0.25) is 9.59 Å². The molecule has 0 heterocycles. The number of nitrogens with one attached hydrogen (secondary N) is 2. The van der Waals surface area contributed by atoms with E-state index in [1.807, 2.05) is 37.3 Å². The van der Waals surface area contributed by atoms with Crippen molar-refractivity contribution in [2.75, 3.05) is 10.6 Å². The van der Waals surface area contributed by atoms with E-state index in [9.17, 15) is 9.59 Å². The first-order valence-corrected chi connectivity index (χ1v) is 7.24. The summed E-state index contributed by atoms with van der Waals surface area (Å²) in [5.74, 6) is -0.938. The van der Waals surface area contributed by atoms with E-state index >= 15 is 0 Å². The standard InChI is InChI=1S/C18H20N2O2/c1-12(2)14-7-9-15(10-8-14)19-17(21)18(22)20-16-6-4-5-13(3)11-16/h4-12H,1-3H3,(H,19,21)(H,20,22). The van der Waals surface area contributed by atoms with Gasteiger partial charge in [0.05, 0.1) is 0 Å². The van der Waals surface area contributed by atoms with E-state index in [4.69, 9.17) is 0 Å². The first kappa shape index (κ1) is 15.8. The quantitative estimate of drug-likeness (QED) is 0.849. The van der Waals surface area contributed by atoms with Crippen LogP contribution in [0.4, 0.5) is 11.4 Å². The summed E-state index contributed by atoms with van der Waals surface area (Å²) in [6, 6.07) is 14.8. The van der Waals surface area contributed by atoms with Gasteiger partial charge in [-0.15, -0.1) is 0 Å². The Labute approximate surface area is 130 Å². The van der Waals surface area contributed by atoms with Gasteiger partial charge in [-0.1, -0.05) is 38.1 Å². The number of rotatable bonds is 3. The van der Waals surface area contributed by atoms with Crippen LogP contribution < -0.4 is 10.6 Å². The third kappa shape index (κ3) is 4.19. The molecule has 4 nitrogen and oxygen atoms in total. The summed E-state index contributed by atoms with van der Waals surface area (Å²) in [6.07, 6.45) is 0. The molecular weight excluding hydrogens is 276 g/mol. The predicted octanol–water partition coefficient (Wildman–Crippen LogP) is 3.70. The van der Waals surface area contributed by atoms with Gasteiger partial charge in [0.15, 0.2) is 0 Å². The van der Waals surface area contributed by atoms with Crippen LogP contribution in [-0.2, 0) is 9.59 Å². The smallest absolute Gasteiger partial charge is 0.314 e. The lowest BCUT2D eigenvalue weighted by molar-refractivity contribution is -0.132. The van der Waals surface area contributed by atoms with Crippen molar-refractivity contribution in [1.29, 1.82) is 0 Å². The normalized spacial score (nSPS) is 10.4. The van der Waals surface area contributed by atoms with E-state index in [-0.39, 0.29) is 0 Å². The molecule has 0 spiro atoms. The minimum absolute atomic E-state index is 0.425. The average molecular weight is 296 g/mol. The van der Waals surface area contributed by atoms with Gasteiger partial charge in [-0.25, -0.2) is 0 Å². The van der Waals surface area contributed by atoms with Gasteiger partial charge in [0.25, 0.3) is 0 Å².